The lowest BCUT2D eigenvalue weighted by Crippen LogP contribution is -2.37. The van der Waals surface area contributed by atoms with Crippen LogP contribution >= 0.6 is 0 Å². The zero-order valence-electron chi connectivity index (χ0n) is 17.1. The molecule has 3 aromatic rings. The lowest BCUT2D eigenvalue weighted by atomic mass is 10.0. The van der Waals surface area contributed by atoms with Gasteiger partial charge in [0.1, 0.15) is 0 Å². The smallest absolute Gasteiger partial charge is 0.272 e. The number of nitrogens with zero attached hydrogens (tertiary/aromatic N) is 3. The Morgan fingerprint density at radius 2 is 1.90 bits per heavy atom. The lowest BCUT2D eigenvalue weighted by Gasteiger charge is -2.27. The highest BCUT2D eigenvalue weighted by atomic mass is 16.2. The molecule has 0 aliphatic carbocycles. The highest BCUT2D eigenvalue weighted by Crippen LogP contribution is 2.22. The normalized spacial score (nSPS) is 12.7. The summed E-state index contributed by atoms with van der Waals surface area (Å²) in [6, 6.07) is 18.8. The maximum Gasteiger partial charge on any atom is 0.272 e. The Bertz CT molecular complexity index is 1110. The van der Waals surface area contributed by atoms with E-state index in [2.05, 4.69) is 33.7 Å². The number of hydrogen-bond acceptors (Lipinski definition) is 4. The van der Waals surface area contributed by atoms with Crippen molar-refractivity contribution in [3.63, 3.8) is 0 Å². The second-order valence-corrected chi connectivity index (χ2v) is 7.54. The third-order valence-electron chi connectivity index (χ3n) is 5.47. The molecule has 4 rings (SSSR count). The number of benzene rings is 2. The van der Waals surface area contributed by atoms with E-state index in [1.54, 1.807) is 29.2 Å². The molecule has 2 amide bonds. The third kappa shape index (κ3) is 4.64. The maximum atomic E-state index is 12.9. The summed E-state index contributed by atoms with van der Waals surface area (Å²) in [5, 5.41) is 19.0. The molecule has 0 saturated heterocycles. The first-order chi connectivity index (χ1) is 15.2. The standard InChI is InChI=1S/C24H23N5O2/c25-15-18-8-10-19(11-9-18)24(31)29-14-12-21-20(16-29)22(28-27-21)23(30)26-13-4-7-17-5-2-1-3-6-17/h1-3,5-6,8-11H,4,7,12-14,16H2,(H,26,30)(H,27,28). The predicted octanol–water partition coefficient (Wildman–Crippen LogP) is 2.84. The Morgan fingerprint density at radius 1 is 1.13 bits per heavy atom. The van der Waals surface area contributed by atoms with Gasteiger partial charge in [-0.1, -0.05) is 30.3 Å². The highest BCUT2D eigenvalue weighted by Gasteiger charge is 2.28. The van der Waals surface area contributed by atoms with Crippen molar-refractivity contribution in [3.05, 3.63) is 88.2 Å². The number of aryl methyl sites for hydroxylation is 1. The molecule has 0 atom stereocenters. The van der Waals surface area contributed by atoms with Gasteiger partial charge < -0.3 is 10.2 Å². The first-order valence-corrected chi connectivity index (χ1v) is 10.3. The number of H-pyrrole nitrogens is 1. The second-order valence-electron chi connectivity index (χ2n) is 7.54. The number of nitrogens with one attached hydrogen (secondary N) is 2. The summed E-state index contributed by atoms with van der Waals surface area (Å²) < 4.78 is 0. The molecule has 0 bridgehead atoms. The Balaban J connectivity index is 1.37. The summed E-state index contributed by atoms with van der Waals surface area (Å²) >= 11 is 0. The van der Waals surface area contributed by atoms with Crippen molar-refractivity contribution in [2.75, 3.05) is 13.1 Å². The van der Waals surface area contributed by atoms with Crippen molar-refractivity contribution >= 4 is 11.8 Å². The van der Waals surface area contributed by atoms with E-state index >= 15 is 0 Å². The molecule has 1 aliphatic heterocycles. The van der Waals surface area contributed by atoms with Gasteiger partial charge in [0.25, 0.3) is 11.8 Å². The maximum absolute atomic E-state index is 12.9. The van der Waals surface area contributed by atoms with Gasteiger partial charge in [0, 0.05) is 36.3 Å². The van der Waals surface area contributed by atoms with Gasteiger partial charge in [-0.05, 0) is 42.7 Å². The minimum atomic E-state index is -0.224. The molecular formula is C24H23N5O2. The topological polar surface area (TPSA) is 102 Å². The monoisotopic (exact) mass is 413 g/mol. The first kappa shape index (κ1) is 20.4. The fraction of sp³-hybridized carbons (Fsp3) is 0.250. The quantitative estimate of drug-likeness (QED) is 0.607. The fourth-order valence-corrected chi connectivity index (χ4v) is 3.75. The molecule has 0 unspecified atom stereocenters. The Morgan fingerprint density at radius 3 is 2.65 bits per heavy atom. The van der Waals surface area contributed by atoms with Gasteiger partial charge in [-0.3, -0.25) is 14.7 Å². The van der Waals surface area contributed by atoms with Crippen molar-refractivity contribution in [3.8, 4) is 6.07 Å². The molecule has 0 saturated carbocycles. The molecule has 7 nitrogen and oxygen atoms in total. The number of nitriles is 1. The summed E-state index contributed by atoms with van der Waals surface area (Å²) in [6.45, 7) is 1.44. The van der Waals surface area contributed by atoms with E-state index in [0.29, 0.717) is 42.9 Å². The SMILES string of the molecule is N#Cc1ccc(C(=O)N2CCc3[nH]nc(C(=O)NCCCc4ccccc4)c3C2)cc1. The van der Waals surface area contributed by atoms with E-state index < -0.39 is 0 Å². The number of hydrogen-bond donors (Lipinski definition) is 2. The van der Waals surface area contributed by atoms with Crippen LogP contribution in [0.4, 0.5) is 0 Å². The molecule has 1 aliphatic rings. The number of amides is 2. The van der Waals surface area contributed by atoms with Gasteiger partial charge in [-0.25, -0.2) is 0 Å². The minimum Gasteiger partial charge on any atom is -0.351 e. The van der Waals surface area contributed by atoms with Crippen LogP contribution in [0.2, 0.25) is 0 Å². The molecule has 1 aromatic heterocycles. The van der Waals surface area contributed by atoms with Gasteiger partial charge in [0.05, 0.1) is 18.2 Å². The number of fused-ring (bicyclic) bond motifs is 1. The van der Waals surface area contributed by atoms with Crippen LogP contribution in [0.15, 0.2) is 54.6 Å². The summed E-state index contributed by atoms with van der Waals surface area (Å²) in [6.07, 6.45) is 2.35. The third-order valence-corrected chi connectivity index (χ3v) is 5.47. The molecular weight excluding hydrogens is 390 g/mol. The van der Waals surface area contributed by atoms with Crippen molar-refractivity contribution in [2.45, 2.75) is 25.8 Å². The molecule has 0 radical (unpaired) electrons. The van der Waals surface area contributed by atoms with Crippen molar-refractivity contribution < 1.29 is 9.59 Å². The summed E-state index contributed by atoms with van der Waals surface area (Å²) in [5.41, 5.74) is 4.31. The zero-order chi connectivity index (χ0) is 21.6. The predicted molar refractivity (Wildman–Crippen MR) is 115 cm³/mol. The van der Waals surface area contributed by atoms with E-state index in [-0.39, 0.29) is 11.8 Å². The Hall–Kier alpha value is -3.92. The Kier molecular flexibility index (Phi) is 6.08. The molecule has 7 heteroatoms. The van der Waals surface area contributed by atoms with Crippen LogP contribution in [-0.4, -0.2) is 40.0 Å². The van der Waals surface area contributed by atoms with Crippen LogP contribution in [0.3, 0.4) is 0 Å². The van der Waals surface area contributed by atoms with E-state index in [1.165, 1.54) is 5.56 Å². The van der Waals surface area contributed by atoms with E-state index in [1.807, 2.05) is 18.2 Å². The number of rotatable bonds is 6. The van der Waals surface area contributed by atoms with Gasteiger partial charge in [-0.2, -0.15) is 10.4 Å². The van der Waals surface area contributed by atoms with Gasteiger partial charge in [0.2, 0.25) is 0 Å². The van der Waals surface area contributed by atoms with Crippen LogP contribution in [0.5, 0.6) is 0 Å². The van der Waals surface area contributed by atoms with Crippen LogP contribution in [0.25, 0.3) is 0 Å². The van der Waals surface area contributed by atoms with Crippen LogP contribution in [-0.2, 0) is 19.4 Å². The molecule has 31 heavy (non-hydrogen) atoms. The summed E-state index contributed by atoms with van der Waals surface area (Å²) in [4.78, 5) is 27.3. The molecule has 2 heterocycles. The number of aromatic nitrogens is 2. The van der Waals surface area contributed by atoms with Gasteiger partial charge in [0.15, 0.2) is 5.69 Å². The second kappa shape index (κ2) is 9.26. The first-order valence-electron chi connectivity index (χ1n) is 10.3. The van der Waals surface area contributed by atoms with E-state index in [0.717, 1.165) is 24.1 Å². The summed E-state index contributed by atoms with van der Waals surface area (Å²) in [7, 11) is 0. The summed E-state index contributed by atoms with van der Waals surface area (Å²) in [5.74, 6) is -0.344. The molecule has 2 aromatic carbocycles. The zero-order valence-corrected chi connectivity index (χ0v) is 17.1. The molecule has 2 N–H and O–H groups in total. The van der Waals surface area contributed by atoms with Crippen LogP contribution in [0, 0.1) is 11.3 Å². The average Bonchev–Trinajstić information content (AvgIpc) is 3.25. The number of aromatic amines is 1. The van der Waals surface area contributed by atoms with Crippen LogP contribution < -0.4 is 5.32 Å². The number of carbonyl (C=O) groups is 2. The molecule has 0 fully saturated rings. The van der Waals surface area contributed by atoms with Crippen molar-refractivity contribution in [1.29, 1.82) is 5.26 Å². The van der Waals surface area contributed by atoms with Crippen molar-refractivity contribution in [2.24, 2.45) is 0 Å². The fourth-order valence-electron chi connectivity index (χ4n) is 3.75. The Labute approximate surface area is 180 Å². The van der Waals surface area contributed by atoms with E-state index in [4.69, 9.17) is 5.26 Å². The van der Waals surface area contributed by atoms with Gasteiger partial charge in [-0.15, -0.1) is 0 Å². The molecule has 0 spiro atoms. The number of carbonyl (C=O) groups excluding carboxylic acids is 2. The van der Waals surface area contributed by atoms with E-state index in [9.17, 15) is 9.59 Å². The minimum absolute atomic E-state index is 0.120. The molecule has 156 valence electrons. The lowest BCUT2D eigenvalue weighted by molar-refractivity contribution is 0.0731. The highest BCUT2D eigenvalue weighted by molar-refractivity contribution is 5.96. The van der Waals surface area contributed by atoms with Crippen LogP contribution in [0.1, 0.15) is 49.7 Å². The largest absolute Gasteiger partial charge is 0.351 e. The van der Waals surface area contributed by atoms with Gasteiger partial charge >= 0.3 is 0 Å². The average molecular weight is 413 g/mol. The van der Waals surface area contributed by atoms with Crippen molar-refractivity contribution in [1.82, 2.24) is 20.4 Å².